The fraction of sp³-hybridized carbons (Fsp3) is 0.720. The second kappa shape index (κ2) is 14.6. The molecule has 0 aliphatic carbocycles. The second-order valence-electron chi connectivity index (χ2n) is 8.35. The van der Waals surface area contributed by atoms with Crippen molar-refractivity contribution < 1.29 is 14.3 Å². The zero-order valence-corrected chi connectivity index (χ0v) is 18.8. The number of rotatable bonds is 15. The summed E-state index contributed by atoms with van der Waals surface area (Å²) in [6.07, 6.45) is 9.39. The third-order valence-corrected chi connectivity index (χ3v) is 5.07. The van der Waals surface area contributed by atoms with E-state index >= 15 is 0 Å². The Kier molecular flexibility index (Phi) is 12.9. The molecule has 0 spiro atoms. The molecule has 0 aliphatic heterocycles. The summed E-state index contributed by atoms with van der Waals surface area (Å²) in [6, 6.07) is 8.37. The molecule has 0 heterocycles. The van der Waals surface area contributed by atoms with Gasteiger partial charge in [0.25, 0.3) is 0 Å². The van der Waals surface area contributed by atoms with Crippen LogP contribution in [0.5, 0.6) is 0 Å². The minimum absolute atomic E-state index is 0.188. The summed E-state index contributed by atoms with van der Waals surface area (Å²) in [5.74, 6) is 0.170. The normalized spacial score (nSPS) is 13.5. The number of hydrogen-bond acceptors (Lipinski definition) is 3. The van der Waals surface area contributed by atoms with Crippen molar-refractivity contribution in [2.75, 3.05) is 6.61 Å². The molecule has 0 aromatic heterocycles. The number of ether oxygens (including phenoxy) is 2. The highest BCUT2D eigenvalue weighted by atomic mass is 16.7. The zero-order valence-electron chi connectivity index (χ0n) is 18.8. The molecule has 3 nitrogen and oxygen atoms in total. The minimum Gasteiger partial charge on any atom is -0.435 e. The molecule has 0 radical (unpaired) electrons. The number of carbonyl (C=O) groups excluding carboxylic acids is 1. The molecule has 160 valence electrons. The van der Waals surface area contributed by atoms with Gasteiger partial charge in [0.2, 0.25) is 6.29 Å². The van der Waals surface area contributed by atoms with Crippen molar-refractivity contribution in [1.82, 2.24) is 0 Å². The van der Waals surface area contributed by atoms with Crippen LogP contribution in [0.4, 0.5) is 0 Å². The van der Waals surface area contributed by atoms with E-state index in [9.17, 15) is 4.79 Å². The average Bonchev–Trinajstić information content (AvgIpc) is 2.67. The first-order valence-corrected chi connectivity index (χ1v) is 11.4. The third kappa shape index (κ3) is 10.3. The largest absolute Gasteiger partial charge is 0.435 e. The van der Waals surface area contributed by atoms with E-state index in [4.69, 9.17) is 9.47 Å². The molecule has 1 rings (SSSR count). The third-order valence-electron chi connectivity index (χ3n) is 5.07. The van der Waals surface area contributed by atoms with Crippen LogP contribution in [-0.2, 0) is 20.7 Å². The molecule has 2 atom stereocenters. The molecular weight excluding hydrogens is 348 g/mol. The molecule has 1 aromatic carbocycles. The van der Waals surface area contributed by atoms with Crippen molar-refractivity contribution in [3.8, 4) is 0 Å². The minimum atomic E-state index is -0.414. The van der Waals surface area contributed by atoms with Gasteiger partial charge in [0.1, 0.15) is 0 Å². The molecule has 0 saturated heterocycles. The topological polar surface area (TPSA) is 35.5 Å². The Morgan fingerprint density at radius 1 is 0.893 bits per heavy atom. The van der Waals surface area contributed by atoms with E-state index in [2.05, 4.69) is 52.0 Å². The zero-order chi connectivity index (χ0) is 20.8. The van der Waals surface area contributed by atoms with E-state index in [1.54, 1.807) is 0 Å². The van der Waals surface area contributed by atoms with Crippen molar-refractivity contribution >= 4 is 5.97 Å². The van der Waals surface area contributed by atoms with Crippen LogP contribution in [0.15, 0.2) is 24.3 Å². The van der Waals surface area contributed by atoms with Crippen LogP contribution < -0.4 is 0 Å². The molecule has 0 N–H and O–H groups in total. The summed E-state index contributed by atoms with van der Waals surface area (Å²) in [5.41, 5.74) is 2.32. The van der Waals surface area contributed by atoms with Gasteiger partial charge in [-0.05, 0) is 43.2 Å². The smallest absolute Gasteiger partial charge is 0.315 e. The molecular formula is C25H42O3. The van der Waals surface area contributed by atoms with E-state index in [1.165, 1.54) is 24.8 Å². The summed E-state index contributed by atoms with van der Waals surface area (Å²) >= 11 is 0. The first-order chi connectivity index (χ1) is 13.5. The number of carbonyl (C=O) groups is 1. The van der Waals surface area contributed by atoms with Gasteiger partial charge in [-0.15, -0.1) is 0 Å². The van der Waals surface area contributed by atoms with Gasteiger partial charge in [0.05, 0.1) is 12.5 Å². The molecule has 28 heavy (non-hydrogen) atoms. The van der Waals surface area contributed by atoms with Gasteiger partial charge in [-0.25, -0.2) is 0 Å². The number of hydrogen-bond donors (Lipinski definition) is 0. The average molecular weight is 391 g/mol. The molecule has 1 aromatic rings. The molecule has 0 aliphatic rings. The van der Waals surface area contributed by atoms with Crippen LogP contribution in [0.25, 0.3) is 0 Å². The number of esters is 1. The van der Waals surface area contributed by atoms with E-state index in [0.29, 0.717) is 12.5 Å². The fourth-order valence-corrected chi connectivity index (χ4v) is 3.26. The molecule has 0 amide bonds. The summed E-state index contributed by atoms with van der Waals surface area (Å²) < 4.78 is 11.7. The Morgan fingerprint density at radius 2 is 1.54 bits per heavy atom. The first kappa shape index (κ1) is 24.7. The SMILES string of the molecule is CCCCCCOC(CCCCC)OC(=O)C(C)c1ccc(CC(C)C)cc1. The van der Waals surface area contributed by atoms with E-state index in [0.717, 1.165) is 44.1 Å². The lowest BCUT2D eigenvalue weighted by Crippen LogP contribution is -2.25. The van der Waals surface area contributed by atoms with Crippen LogP contribution in [0.3, 0.4) is 0 Å². The Balaban J connectivity index is 2.57. The highest BCUT2D eigenvalue weighted by Gasteiger charge is 2.21. The quantitative estimate of drug-likeness (QED) is 0.183. The van der Waals surface area contributed by atoms with Gasteiger partial charge >= 0.3 is 5.97 Å². The van der Waals surface area contributed by atoms with Gasteiger partial charge in [-0.3, -0.25) is 4.79 Å². The highest BCUT2D eigenvalue weighted by molar-refractivity contribution is 5.77. The standard InChI is InChI=1S/C25H42O3/c1-6-8-10-12-18-27-24(13-11-9-7-2)28-25(26)21(5)23-16-14-22(15-17-23)19-20(3)4/h14-17,20-21,24H,6-13,18-19H2,1-5H3. The maximum atomic E-state index is 12.7. The highest BCUT2D eigenvalue weighted by Crippen LogP contribution is 2.21. The molecule has 0 fully saturated rings. The molecule has 3 heteroatoms. The van der Waals surface area contributed by atoms with E-state index in [1.807, 2.05) is 6.92 Å². The number of benzene rings is 1. The van der Waals surface area contributed by atoms with Gasteiger partial charge in [-0.2, -0.15) is 0 Å². The van der Waals surface area contributed by atoms with Gasteiger partial charge in [-0.1, -0.05) is 84.1 Å². The molecule has 0 saturated carbocycles. The van der Waals surface area contributed by atoms with Gasteiger partial charge < -0.3 is 9.47 Å². The Hall–Kier alpha value is -1.35. The van der Waals surface area contributed by atoms with Gasteiger partial charge in [0, 0.05) is 6.42 Å². The van der Waals surface area contributed by atoms with Crippen molar-refractivity contribution in [3.63, 3.8) is 0 Å². The second-order valence-corrected chi connectivity index (χ2v) is 8.35. The Bertz CT molecular complexity index is 521. The van der Waals surface area contributed by atoms with Gasteiger partial charge in [0.15, 0.2) is 0 Å². The summed E-state index contributed by atoms with van der Waals surface area (Å²) in [5, 5.41) is 0. The van der Waals surface area contributed by atoms with Crippen molar-refractivity contribution in [1.29, 1.82) is 0 Å². The first-order valence-electron chi connectivity index (χ1n) is 11.4. The van der Waals surface area contributed by atoms with Crippen LogP contribution in [0, 0.1) is 5.92 Å². The molecule has 2 unspecified atom stereocenters. The summed E-state index contributed by atoms with van der Waals surface area (Å²) in [7, 11) is 0. The lowest BCUT2D eigenvalue weighted by atomic mass is 9.97. The predicted octanol–water partition coefficient (Wildman–Crippen LogP) is 7.04. The molecule has 0 bridgehead atoms. The number of unbranched alkanes of at least 4 members (excludes halogenated alkanes) is 5. The lowest BCUT2D eigenvalue weighted by Gasteiger charge is -2.21. The van der Waals surface area contributed by atoms with Crippen molar-refractivity contribution in [2.45, 2.75) is 105 Å². The predicted molar refractivity (Wildman–Crippen MR) is 118 cm³/mol. The lowest BCUT2D eigenvalue weighted by molar-refractivity contribution is -0.182. The maximum absolute atomic E-state index is 12.7. The summed E-state index contributed by atoms with van der Waals surface area (Å²) in [4.78, 5) is 12.7. The Labute approximate surface area is 173 Å². The Morgan fingerprint density at radius 3 is 2.14 bits per heavy atom. The van der Waals surface area contributed by atoms with Crippen LogP contribution >= 0.6 is 0 Å². The van der Waals surface area contributed by atoms with E-state index in [-0.39, 0.29) is 11.9 Å². The van der Waals surface area contributed by atoms with E-state index < -0.39 is 6.29 Å². The van der Waals surface area contributed by atoms with Crippen LogP contribution in [0.1, 0.15) is 103 Å². The van der Waals surface area contributed by atoms with Crippen LogP contribution in [-0.4, -0.2) is 18.9 Å². The maximum Gasteiger partial charge on any atom is 0.315 e. The van der Waals surface area contributed by atoms with Crippen molar-refractivity contribution in [2.24, 2.45) is 5.92 Å². The summed E-state index contributed by atoms with van der Waals surface area (Å²) in [6.45, 7) is 11.4. The van der Waals surface area contributed by atoms with Crippen molar-refractivity contribution in [3.05, 3.63) is 35.4 Å². The monoisotopic (exact) mass is 390 g/mol. The fourth-order valence-electron chi connectivity index (χ4n) is 3.26. The van der Waals surface area contributed by atoms with Crippen LogP contribution in [0.2, 0.25) is 0 Å².